The van der Waals surface area contributed by atoms with Gasteiger partial charge in [0, 0.05) is 13.2 Å². The normalized spacial score (nSPS) is 30.8. The van der Waals surface area contributed by atoms with Crippen LogP contribution in [0.4, 0.5) is 0 Å². The van der Waals surface area contributed by atoms with E-state index in [4.69, 9.17) is 22.7 Å². The minimum absolute atomic E-state index is 0.0447. The summed E-state index contributed by atoms with van der Waals surface area (Å²) >= 11 is 4.97. The Hall–Kier alpha value is -0.680. The van der Waals surface area contributed by atoms with Gasteiger partial charge in [0.05, 0.1) is 11.0 Å². The highest BCUT2D eigenvalue weighted by Gasteiger charge is 2.36. The van der Waals surface area contributed by atoms with Gasteiger partial charge in [-0.2, -0.15) is 0 Å². The van der Waals surface area contributed by atoms with E-state index in [-0.39, 0.29) is 18.1 Å². The molecule has 0 aromatic carbocycles. The molecule has 0 radical (unpaired) electrons. The molecule has 2 N–H and O–H groups in total. The van der Waals surface area contributed by atoms with Crippen molar-refractivity contribution >= 4 is 23.1 Å². The van der Waals surface area contributed by atoms with Crippen LogP contribution in [0.25, 0.3) is 0 Å². The molecule has 2 rings (SSSR count). The number of rotatable bonds is 2. The van der Waals surface area contributed by atoms with Crippen LogP contribution in [0.3, 0.4) is 0 Å². The highest BCUT2D eigenvalue weighted by molar-refractivity contribution is 7.80. The molecule has 2 aliphatic heterocycles. The first-order valence-electron chi connectivity index (χ1n) is 5.41. The van der Waals surface area contributed by atoms with Gasteiger partial charge in [-0.15, -0.1) is 0 Å². The number of likely N-dealkylation sites (tertiary alicyclic amines) is 1. The lowest BCUT2D eigenvalue weighted by Gasteiger charge is -2.26. The van der Waals surface area contributed by atoms with Gasteiger partial charge in [0.1, 0.15) is 6.10 Å². The first-order chi connectivity index (χ1) is 7.20. The average molecular weight is 228 g/mol. The van der Waals surface area contributed by atoms with Crippen LogP contribution in [-0.4, -0.2) is 41.1 Å². The SMILES string of the molecule is NC(=S)C1CCCN1C(=O)C1CCCO1. The molecule has 2 saturated heterocycles. The number of ether oxygens (including phenoxy) is 1. The Labute approximate surface area is 94.7 Å². The molecular formula is C10H16N2O2S. The second-order valence-corrected chi connectivity index (χ2v) is 4.57. The summed E-state index contributed by atoms with van der Waals surface area (Å²) in [6.07, 6.45) is 3.44. The fourth-order valence-corrected chi connectivity index (χ4v) is 2.53. The van der Waals surface area contributed by atoms with Crippen molar-refractivity contribution in [3.8, 4) is 0 Å². The van der Waals surface area contributed by atoms with Gasteiger partial charge in [-0.1, -0.05) is 12.2 Å². The molecule has 5 heteroatoms. The quantitative estimate of drug-likeness (QED) is 0.697. The van der Waals surface area contributed by atoms with Crippen LogP contribution in [0.2, 0.25) is 0 Å². The molecule has 0 saturated carbocycles. The Morgan fingerprint density at radius 1 is 1.40 bits per heavy atom. The summed E-state index contributed by atoms with van der Waals surface area (Å²) in [5.74, 6) is 0.0720. The maximum absolute atomic E-state index is 12.0. The van der Waals surface area contributed by atoms with Crippen molar-refractivity contribution in [2.24, 2.45) is 5.73 Å². The number of nitrogens with two attached hydrogens (primary N) is 1. The number of thiocarbonyl (C=S) groups is 1. The van der Waals surface area contributed by atoms with Gasteiger partial charge in [0.15, 0.2) is 0 Å². The van der Waals surface area contributed by atoms with Crippen LogP contribution in [0.5, 0.6) is 0 Å². The molecule has 2 atom stereocenters. The van der Waals surface area contributed by atoms with Crippen molar-refractivity contribution in [1.82, 2.24) is 4.90 Å². The van der Waals surface area contributed by atoms with Crippen LogP contribution >= 0.6 is 12.2 Å². The van der Waals surface area contributed by atoms with Crippen LogP contribution < -0.4 is 5.73 Å². The highest BCUT2D eigenvalue weighted by Crippen LogP contribution is 2.22. The molecule has 84 valence electrons. The lowest BCUT2D eigenvalue weighted by atomic mass is 10.2. The van der Waals surface area contributed by atoms with Gasteiger partial charge in [-0.05, 0) is 25.7 Å². The van der Waals surface area contributed by atoms with E-state index in [2.05, 4.69) is 0 Å². The number of carbonyl (C=O) groups is 1. The molecule has 0 spiro atoms. The molecule has 2 unspecified atom stereocenters. The fraction of sp³-hybridized carbons (Fsp3) is 0.800. The first kappa shape index (κ1) is 10.8. The minimum atomic E-state index is -0.250. The molecule has 2 heterocycles. The Bertz CT molecular complexity index is 277. The van der Waals surface area contributed by atoms with Gasteiger partial charge < -0.3 is 15.4 Å². The summed E-state index contributed by atoms with van der Waals surface area (Å²) in [5.41, 5.74) is 5.62. The third kappa shape index (κ3) is 2.13. The number of nitrogens with zero attached hydrogens (tertiary/aromatic N) is 1. The minimum Gasteiger partial charge on any atom is -0.392 e. The summed E-state index contributed by atoms with van der Waals surface area (Å²) in [4.78, 5) is 14.3. The van der Waals surface area contributed by atoms with Crippen LogP contribution in [-0.2, 0) is 9.53 Å². The number of carbonyl (C=O) groups excluding carboxylic acids is 1. The average Bonchev–Trinajstić information content (AvgIpc) is 2.88. The van der Waals surface area contributed by atoms with Crippen LogP contribution in [0.1, 0.15) is 25.7 Å². The smallest absolute Gasteiger partial charge is 0.252 e. The van der Waals surface area contributed by atoms with Crippen molar-refractivity contribution in [2.75, 3.05) is 13.2 Å². The van der Waals surface area contributed by atoms with Gasteiger partial charge in [0.2, 0.25) is 0 Å². The molecule has 1 amide bonds. The summed E-state index contributed by atoms with van der Waals surface area (Å²) in [5, 5.41) is 0. The van der Waals surface area contributed by atoms with E-state index in [1.165, 1.54) is 0 Å². The Morgan fingerprint density at radius 2 is 2.20 bits per heavy atom. The van der Waals surface area contributed by atoms with E-state index >= 15 is 0 Å². The van der Waals surface area contributed by atoms with E-state index in [1.807, 2.05) is 0 Å². The number of hydrogen-bond donors (Lipinski definition) is 1. The topological polar surface area (TPSA) is 55.6 Å². The standard InChI is InChI=1S/C10H16N2O2S/c11-9(15)7-3-1-5-12(7)10(13)8-4-2-6-14-8/h7-8H,1-6H2,(H2,11,15). The monoisotopic (exact) mass is 228 g/mol. The molecule has 0 bridgehead atoms. The molecule has 0 aromatic heterocycles. The zero-order chi connectivity index (χ0) is 10.8. The molecule has 4 nitrogen and oxygen atoms in total. The molecule has 2 fully saturated rings. The molecular weight excluding hydrogens is 212 g/mol. The number of hydrogen-bond acceptors (Lipinski definition) is 3. The Kier molecular flexibility index (Phi) is 3.21. The zero-order valence-electron chi connectivity index (χ0n) is 8.65. The Morgan fingerprint density at radius 3 is 2.80 bits per heavy atom. The summed E-state index contributed by atoms with van der Waals surface area (Å²) < 4.78 is 5.38. The Balaban J connectivity index is 2.02. The van der Waals surface area contributed by atoms with Gasteiger partial charge >= 0.3 is 0 Å². The van der Waals surface area contributed by atoms with Gasteiger partial charge in [0.25, 0.3) is 5.91 Å². The van der Waals surface area contributed by atoms with Crippen molar-refractivity contribution in [2.45, 2.75) is 37.8 Å². The van der Waals surface area contributed by atoms with Crippen molar-refractivity contribution in [3.63, 3.8) is 0 Å². The lowest BCUT2D eigenvalue weighted by molar-refractivity contribution is -0.140. The molecule has 0 aliphatic carbocycles. The number of amides is 1. The van der Waals surface area contributed by atoms with E-state index in [1.54, 1.807) is 4.90 Å². The van der Waals surface area contributed by atoms with Crippen LogP contribution in [0, 0.1) is 0 Å². The summed E-state index contributed by atoms with van der Waals surface area (Å²) in [6, 6.07) is -0.0447. The zero-order valence-corrected chi connectivity index (χ0v) is 9.46. The third-order valence-corrected chi connectivity index (χ3v) is 3.34. The first-order valence-corrected chi connectivity index (χ1v) is 5.82. The molecule has 0 aromatic rings. The predicted molar refractivity (Wildman–Crippen MR) is 60.5 cm³/mol. The predicted octanol–water partition coefficient (Wildman–Crippen LogP) is 0.442. The lowest BCUT2D eigenvalue weighted by Crippen LogP contribution is -2.46. The molecule has 15 heavy (non-hydrogen) atoms. The maximum atomic E-state index is 12.0. The van der Waals surface area contributed by atoms with Crippen LogP contribution in [0.15, 0.2) is 0 Å². The van der Waals surface area contributed by atoms with Gasteiger partial charge in [-0.3, -0.25) is 4.79 Å². The maximum Gasteiger partial charge on any atom is 0.252 e. The second-order valence-electron chi connectivity index (χ2n) is 4.09. The summed E-state index contributed by atoms with van der Waals surface area (Å²) in [6.45, 7) is 1.46. The van der Waals surface area contributed by atoms with Crippen molar-refractivity contribution < 1.29 is 9.53 Å². The third-order valence-electron chi connectivity index (χ3n) is 3.07. The largest absolute Gasteiger partial charge is 0.392 e. The van der Waals surface area contributed by atoms with Gasteiger partial charge in [-0.25, -0.2) is 0 Å². The van der Waals surface area contributed by atoms with E-state index in [0.717, 1.165) is 32.2 Å². The fourth-order valence-electron chi connectivity index (χ4n) is 2.28. The van der Waals surface area contributed by atoms with E-state index in [9.17, 15) is 4.79 Å². The van der Waals surface area contributed by atoms with Crippen molar-refractivity contribution in [1.29, 1.82) is 0 Å². The van der Waals surface area contributed by atoms with Crippen molar-refractivity contribution in [3.05, 3.63) is 0 Å². The second kappa shape index (κ2) is 4.45. The van der Waals surface area contributed by atoms with E-state index < -0.39 is 0 Å². The molecule has 2 aliphatic rings. The van der Waals surface area contributed by atoms with E-state index in [0.29, 0.717) is 11.6 Å². The highest BCUT2D eigenvalue weighted by atomic mass is 32.1. The summed E-state index contributed by atoms with van der Waals surface area (Å²) in [7, 11) is 0.